The van der Waals surface area contributed by atoms with Gasteiger partial charge in [-0.25, -0.2) is 4.98 Å². The van der Waals surface area contributed by atoms with Gasteiger partial charge in [-0.05, 0) is 36.8 Å². The molecule has 0 unspecified atom stereocenters. The SMILES string of the molecule is Cc1c(Cl)cccc1NC(=O)COC(=O)Cc1csc(-c2ccccn2)n1. The van der Waals surface area contributed by atoms with E-state index in [9.17, 15) is 9.59 Å². The van der Waals surface area contributed by atoms with Gasteiger partial charge in [0.25, 0.3) is 5.91 Å². The molecule has 1 aromatic carbocycles. The lowest BCUT2D eigenvalue weighted by molar-refractivity contribution is -0.146. The molecule has 0 atom stereocenters. The second-order valence-electron chi connectivity index (χ2n) is 5.66. The Bertz CT molecular complexity index is 960. The number of hydrogen-bond donors (Lipinski definition) is 1. The highest BCUT2D eigenvalue weighted by Crippen LogP contribution is 2.23. The average molecular weight is 402 g/mol. The van der Waals surface area contributed by atoms with Crippen LogP contribution in [0.3, 0.4) is 0 Å². The van der Waals surface area contributed by atoms with Gasteiger partial charge < -0.3 is 10.1 Å². The number of carbonyl (C=O) groups is 2. The van der Waals surface area contributed by atoms with E-state index < -0.39 is 11.9 Å². The number of pyridine rings is 1. The van der Waals surface area contributed by atoms with Crippen LogP contribution in [0, 0.1) is 6.92 Å². The van der Waals surface area contributed by atoms with Crippen LogP contribution < -0.4 is 5.32 Å². The first-order valence-electron chi connectivity index (χ1n) is 8.09. The molecule has 8 heteroatoms. The third-order valence-electron chi connectivity index (χ3n) is 3.67. The van der Waals surface area contributed by atoms with Crippen LogP contribution >= 0.6 is 22.9 Å². The standard InChI is InChI=1S/C19H16ClN3O3S/c1-12-14(20)5-4-7-15(12)23-17(24)10-26-18(25)9-13-11-27-19(22-13)16-6-2-3-8-21-16/h2-8,11H,9-10H2,1H3,(H,23,24). The van der Waals surface area contributed by atoms with E-state index in [2.05, 4.69) is 15.3 Å². The molecule has 1 N–H and O–H groups in total. The third-order valence-corrected chi connectivity index (χ3v) is 4.99. The first-order valence-corrected chi connectivity index (χ1v) is 9.35. The van der Waals surface area contributed by atoms with E-state index in [1.54, 1.807) is 36.7 Å². The van der Waals surface area contributed by atoms with Crippen molar-refractivity contribution in [3.8, 4) is 10.7 Å². The molecule has 2 heterocycles. The number of thiazole rings is 1. The summed E-state index contributed by atoms with van der Waals surface area (Å²) in [6, 6.07) is 10.7. The van der Waals surface area contributed by atoms with Crippen LogP contribution in [-0.2, 0) is 20.7 Å². The number of carbonyl (C=O) groups excluding carboxylic acids is 2. The van der Waals surface area contributed by atoms with Crippen molar-refractivity contribution in [3.05, 3.63) is 64.3 Å². The lowest BCUT2D eigenvalue weighted by Crippen LogP contribution is -2.22. The van der Waals surface area contributed by atoms with Gasteiger partial charge in [0.15, 0.2) is 6.61 Å². The Hall–Kier alpha value is -2.77. The number of nitrogens with zero attached hydrogens (tertiary/aromatic N) is 2. The molecular formula is C19H16ClN3O3S. The molecule has 0 spiro atoms. The predicted molar refractivity (Wildman–Crippen MR) is 105 cm³/mol. The molecule has 0 saturated heterocycles. The van der Waals surface area contributed by atoms with Crippen molar-refractivity contribution in [2.24, 2.45) is 0 Å². The van der Waals surface area contributed by atoms with Gasteiger partial charge in [0, 0.05) is 22.3 Å². The van der Waals surface area contributed by atoms with Gasteiger partial charge in [-0.2, -0.15) is 0 Å². The molecule has 138 valence electrons. The lowest BCUT2D eigenvalue weighted by atomic mass is 10.2. The maximum atomic E-state index is 12.0. The van der Waals surface area contributed by atoms with Crippen LogP contribution in [-0.4, -0.2) is 28.5 Å². The molecule has 3 rings (SSSR count). The largest absolute Gasteiger partial charge is 0.455 e. The molecule has 0 saturated carbocycles. The Morgan fingerprint density at radius 3 is 2.85 bits per heavy atom. The first kappa shape index (κ1) is 19.0. The highest BCUT2D eigenvalue weighted by molar-refractivity contribution is 7.13. The molecule has 0 aliphatic rings. The summed E-state index contributed by atoms with van der Waals surface area (Å²) in [6.07, 6.45) is 1.68. The topological polar surface area (TPSA) is 81.2 Å². The molecular weight excluding hydrogens is 386 g/mol. The number of aromatic nitrogens is 2. The minimum atomic E-state index is -0.522. The van der Waals surface area contributed by atoms with E-state index in [0.717, 1.165) is 16.3 Å². The van der Waals surface area contributed by atoms with E-state index in [1.807, 2.05) is 18.2 Å². The maximum Gasteiger partial charge on any atom is 0.312 e. The monoisotopic (exact) mass is 401 g/mol. The summed E-state index contributed by atoms with van der Waals surface area (Å²) in [5.74, 6) is -0.952. The van der Waals surface area contributed by atoms with Crippen molar-refractivity contribution >= 4 is 40.5 Å². The summed E-state index contributed by atoms with van der Waals surface area (Å²) in [6.45, 7) is 1.42. The Balaban J connectivity index is 1.50. The number of ether oxygens (including phenoxy) is 1. The quantitative estimate of drug-likeness (QED) is 0.633. The van der Waals surface area contributed by atoms with Crippen molar-refractivity contribution in [2.45, 2.75) is 13.3 Å². The number of benzene rings is 1. The van der Waals surface area contributed by atoms with Gasteiger partial charge in [0.05, 0.1) is 17.8 Å². The number of halogens is 1. The highest BCUT2D eigenvalue weighted by atomic mass is 35.5. The van der Waals surface area contributed by atoms with Crippen LogP contribution in [0.1, 0.15) is 11.3 Å². The Labute approximate surface area is 165 Å². The number of rotatable bonds is 6. The van der Waals surface area contributed by atoms with Crippen molar-refractivity contribution in [3.63, 3.8) is 0 Å². The predicted octanol–water partition coefficient (Wildman–Crippen LogP) is 3.89. The smallest absolute Gasteiger partial charge is 0.312 e. The fourth-order valence-electron chi connectivity index (χ4n) is 2.27. The second-order valence-corrected chi connectivity index (χ2v) is 6.92. The summed E-state index contributed by atoms with van der Waals surface area (Å²) in [4.78, 5) is 32.5. The van der Waals surface area contributed by atoms with Gasteiger partial charge in [-0.3, -0.25) is 14.6 Å². The average Bonchev–Trinajstić information content (AvgIpc) is 3.13. The van der Waals surface area contributed by atoms with Crippen LogP contribution in [0.25, 0.3) is 10.7 Å². The van der Waals surface area contributed by atoms with Crippen LogP contribution in [0.5, 0.6) is 0 Å². The molecule has 27 heavy (non-hydrogen) atoms. The van der Waals surface area contributed by atoms with Gasteiger partial charge in [0.1, 0.15) is 5.01 Å². The molecule has 0 aliphatic carbocycles. The van der Waals surface area contributed by atoms with E-state index >= 15 is 0 Å². The Morgan fingerprint density at radius 2 is 2.07 bits per heavy atom. The molecule has 3 aromatic rings. The molecule has 2 aromatic heterocycles. The number of anilines is 1. The second kappa shape index (κ2) is 8.75. The fraction of sp³-hybridized carbons (Fsp3) is 0.158. The fourth-order valence-corrected chi connectivity index (χ4v) is 3.24. The van der Waals surface area contributed by atoms with E-state index in [1.165, 1.54) is 11.3 Å². The number of amides is 1. The molecule has 6 nitrogen and oxygen atoms in total. The zero-order valence-electron chi connectivity index (χ0n) is 14.4. The van der Waals surface area contributed by atoms with Crippen LogP contribution in [0.15, 0.2) is 48.0 Å². The van der Waals surface area contributed by atoms with Gasteiger partial charge in [0.2, 0.25) is 0 Å². The summed E-state index contributed by atoms with van der Waals surface area (Å²) in [7, 11) is 0. The molecule has 0 aliphatic heterocycles. The summed E-state index contributed by atoms with van der Waals surface area (Å²) >= 11 is 7.41. The molecule has 0 bridgehead atoms. The summed E-state index contributed by atoms with van der Waals surface area (Å²) < 4.78 is 5.03. The van der Waals surface area contributed by atoms with Crippen molar-refractivity contribution < 1.29 is 14.3 Å². The van der Waals surface area contributed by atoms with Crippen LogP contribution in [0.4, 0.5) is 5.69 Å². The summed E-state index contributed by atoms with van der Waals surface area (Å²) in [5.41, 5.74) is 2.67. The van der Waals surface area contributed by atoms with E-state index in [0.29, 0.717) is 16.4 Å². The van der Waals surface area contributed by atoms with E-state index in [-0.39, 0.29) is 13.0 Å². The van der Waals surface area contributed by atoms with Gasteiger partial charge in [-0.1, -0.05) is 23.7 Å². The third kappa shape index (κ3) is 5.12. The molecule has 0 radical (unpaired) electrons. The lowest BCUT2D eigenvalue weighted by Gasteiger charge is -2.09. The molecule has 0 fully saturated rings. The van der Waals surface area contributed by atoms with Crippen molar-refractivity contribution in [1.82, 2.24) is 9.97 Å². The highest BCUT2D eigenvalue weighted by Gasteiger charge is 2.13. The molecule has 1 amide bonds. The minimum absolute atomic E-state index is 0.00714. The number of nitrogens with one attached hydrogen (secondary N) is 1. The van der Waals surface area contributed by atoms with Crippen molar-refractivity contribution in [2.75, 3.05) is 11.9 Å². The normalized spacial score (nSPS) is 10.4. The van der Waals surface area contributed by atoms with Gasteiger partial charge >= 0.3 is 5.97 Å². The van der Waals surface area contributed by atoms with Gasteiger partial charge in [-0.15, -0.1) is 11.3 Å². The van der Waals surface area contributed by atoms with Crippen molar-refractivity contribution in [1.29, 1.82) is 0 Å². The Kier molecular flexibility index (Phi) is 6.16. The maximum absolute atomic E-state index is 12.0. The van der Waals surface area contributed by atoms with Crippen LogP contribution in [0.2, 0.25) is 5.02 Å². The minimum Gasteiger partial charge on any atom is -0.455 e. The zero-order chi connectivity index (χ0) is 19.2. The Morgan fingerprint density at radius 1 is 1.22 bits per heavy atom. The zero-order valence-corrected chi connectivity index (χ0v) is 16.0. The van der Waals surface area contributed by atoms with E-state index in [4.69, 9.17) is 16.3 Å². The number of hydrogen-bond acceptors (Lipinski definition) is 6. The summed E-state index contributed by atoms with van der Waals surface area (Å²) in [5, 5.41) is 5.73. The number of esters is 1. The first-order chi connectivity index (χ1) is 13.0.